The quantitative estimate of drug-likeness (QED) is 0.847. The Balaban J connectivity index is 2.61. The molecule has 0 aliphatic carbocycles. The maximum absolute atomic E-state index is 8.81. The minimum absolute atomic E-state index is 0.227. The molecule has 1 heterocycles. The van der Waals surface area contributed by atoms with Crippen molar-refractivity contribution < 1.29 is 5.11 Å². The van der Waals surface area contributed by atoms with Crippen LogP contribution in [0, 0.1) is 0 Å². The second kappa shape index (κ2) is 6.25. The third-order valence-electron chi connectivity index (χ3n) is 2.23. The molecular formula is C10H18BrN3O. The van der Waals surface area contributed by atoms with Gasteiger partial charge in [-0.3, -0.25) is 4.68 Å². The van der Waals surface area contributed by atoms with E-state index in [2.05, 4.69) is 25.9 Å². The Labute approximate surface area is 99.0 Å². The van der Waals surface area contributed by atoms with Crippen molar-refractivity contribution in [2.45, 2.75) is 19.4 Å². The van der Waals surface area contributed by atoms with Crippen molar-refractivity contribution in [1.82, 2.24) is 14.7 Å². The largest absolute Gasteiger partial charge is 0.396 e. The van der Waals surface area contributed by atoms with Gasteiger partial charge in [-0.1, -0.05) is 0 Å². The van der Waals surface area contributed by atoms with Crippen LogP contribution in [0.4, 0.5) is 0 Å². The molecule has 0 fully saturated rings. The van der Waals surface area contributed by atoms with Gasteiger partial charge >= 0.3 is 0 Å². The lowest BCUT2D eigenvalue weighted by atomic mass is 10.2. The molecule has 86 valence electrons. The van der Waals surface area contributed by atoms with Crippen molar-refractivity contribution in [3.8, 4) is 0 Å². The van der Waals surface area contributed by atoms with E-state index >= 15 is 0 Å². The van der Waals surface area contributed by atoms with Gasteiger partial charge < -0.3 is 10.0 Å². The Hall–Kier alpha value is -0.390. The lowest BCUT2D eigenvalue weighted by Crippen LogP contribution is -2.20. The van der Waals surface area contributed by atoms with Crippen LogP contribution in [0.5, 0.6) is 0 Å². The molecule has 0 spiro atoms. The van der Waals surface area contributed by atoms with Crippen molar-refractivity contribution in [3.63, 3.8) is 0 Å². The Bertz CT molecular complexity index is 299. The van der Waals surface area contributed by atoms with Crippen molar-refractivity contribution in [1.29, 1.82) is 0 Å². The maximum atomic E-state index is 8.81. The first kappa shape index (κ1) is 12.7. The van der Waals surface area contributed by atoms with E-state index < -0.39 is 0 Å². The lowest BCUT2D eigenvalue weighted by Gasteiger charge is -2.11. The van der Waals surface area contributed by atoms with Crippen LogP contribution in [-0.2, 0) is 13.0 Å². The SMILES string of the molecule is CN(C)CCn1ncc(Br)c1CCCO. The van der Waals surface area contributed by atoms with Gasteiger partial charge in [0.25, 0.3) is 0 Å². The minimum atomic E-state index is 0.227. The Morgan fingerprint density at radius 3 is 2.87 bits per heavy atom. The van der Waals surface area contributed by atoms with E-state index in [1.165, 1.54) is 5.69 Å². The van der Waals surface area contributed by atoms with E-state index in [0.717, 1.165) is 30.4 Å². The molecule has 0 saturated carbocycles. The average molecular weight is 276 g/mol. The molecule has 0 atom stereocenters. The number of rotatable bonds is 6. The van der Waals surface area contributed by atoms with Crippen LogP contribution in [0.2, 0.25) is 0 Å². The second-order valence-electron chi connectivity index (χ2n) is 3.79. The van der Waals surface area contributed by atoms with Crippen LogP contribution >= 0.6 is 15.9 Å². The number of halogens is 1. The highest BCUT2D eigenvalue weighted by Crippen LogP contribution is 2.17. The molecule has 1 N–H and O–H groups in total. The maximum Gasteiger partial charge on any atom is 0.0635 e. The molecule has 1 aromatic rings. The highest BCUT2D eigenvalue weighted by molar-refractivity contribution is 9.10. The number of aliphatic hydroxyl groups excluding tert-OH is 1. The molecule has 4 nitrogen and oxygen atoms in total. The molecule has 1 aromatic heterocycles. The first-order valence-corrected chi connectivity index (χ1v) is 5.90. The summed E-state index contributed by atoms with van der Waals surface area (Å²) in [7, 11) is 4.10. The molecule has 0 unspecified atom stereocenters. The van der Waals surface area contributed by atoms with Gasteiger partial charge in [0.1, 0.15) is 0 Å². The van der Waals surface area contributed by atoms with Crippen LogP contribution in [0.3, 0.4) is 0 Å². The van der Waals surface area contributed by atoms with Gasteiger partial charge in [0, 0.05) is 13.2 Å². The highest BCUT2D eigenvalue weighted by Gasteiger charge is 2.08. The second-order valence-corrected chi connectivity index (χ2v) is 4.65. The monoisotopic (exact) mass is 275 g/mol. The number of likely N-dealkylation sites (N-methyl/N-ethyl adjacent to an activating group) is 1. The van der Waals surface area contributed by atoms with Gasteiger partial charge in [-0.05, 0) is 42.9 Å². The summed E-state index contributed by atoms with van der Waals surface area (Å²) in [6, 6.07) is 0. The highest BCUT2D eigenvalue weighted by atomic mass is 79.9. The van der Waals surface area contributed by atoms with E-state index in [0.29, 0.717) is 0 Å². The van der Waals surface area contributed by atoms with Gasteiger partial charge in [0.05, 0.1) is 22.9 Å². The van der Waals surface area contributed by atoms with E-state index in [4.69, 9.17) is 5.11 Å². The van der Waals surface area contributed by atoms with Crippen LogP contribution in [0.25, 0.3) is 0 Å². The zero-order valence-electron chi connectivity index (χ0n) is 9.28. The molecular weight excluding hydrogens is 258 g/mol. The summed E-state index contributed by atoms with van der Waals surface area (Å²) in [5.74, 6) is 0. The fourth-order valence-electron chi connectivity index (χ4n) is 1.37. The summed E-state index contributed by atoms with van der Waals surface area (Å²) in [5, 5.41) is 13.1. The summed E-state index contributed by atoms with van der Waals surface area (Å²) < 4.78 is 3.04. The van der Waals surface area contributed by atoms with E-state index in [1.54, 1.807) is 0 Å². The number of aliphatic hydroxyl groups is 1. The standard InChI is InChI=1S/C10H18BrN3O/c1-13(2)5-6-14-10(4-3-7-15)9(11)8-12-14/h8,15H,3-7H2,1-2H3. The van der Waals surface area contributed by atoms with Gasteiger partial charge in [0.2, 0.25) is 0 Å². The smallest absolute Gasteiger partial charge is 0.0635 e. The molecule has 5 heteroatoms. The fourth-order valence-corrected chi connectivity index (χ4v) is 1.86. The van der Waals surface area contributed by atoms with Gasteiger partial charge in [-0.25, -0.2) is 0 Å². The van der Waals surface area contributed by atoms with E-state index in [1.807, 2.05) is 25.0 Å². The van der Waals surface area contributed by atoms with Gasteiger partial charge in [-0.2, -0.15) is 5.10 Å². The van der Waals surface area contributed by atoms with Crippen molar-refractivity contribution >= 4 is 15.9 Å². The zero-order valence-corrected chi connectivity index (χ0v) is 10.9. The van der Waals surface area contributed by atoms with Crippen molar-refractivity contribution in [2.75, 3.05) is 27.2 Å². The molecule has 0 aliphatic rings. The summed E-state index contributed by atoms with van der Waals surface area (Å²) >= 11 is 3.48. The fraction of sp³-hybridized carbons (Fsp3) is 0.700. The molecule has 0 aromatic carbocycles. The minimum Gasteiger partial charge on any atom is -0.396 e. The zero-order chi connectivity index (χ0) is 11.3. The lowest BCUT2D eigenvalue weighted by molar-refractivity contribution is 0.286. The van der Waals surface area contributed by atoms with Crippen LogP contribution in [-0.4, -0.2) is 47.0 Å². The number of nitrogens with zero attached hydrogens (tertiary/aromatic N) is 3. The molecule has 0 saturated heterocycles. The molecule has 0 amide bonds. The summed E-state index contributed by atoms with van der Waals surface area (Å²) in [4.78, 5) is 2.13. The molecule has 15 heavy (non-hydrogen) atoms. The predicted molar refractivity (Wildman–Crippen MR) is 63.9 cm³/mol. The first-order valence-electron chi connectivity index (χ1n) is 5.11. The molecule has 0 radical (unpaired) electrons. The normalized spacial score (nSPS) is 11.3. The molecule has 0 bridgehead atoms. The van der Waals surface area contributed by atoms with Crippen LogP contribution in [0.15, 0.2) is 10.7 Å². The predicted octanol–water partition coefficient (Wildman–Crippen LogP) is 1.13. The topological polar surface area (TPSA) is 41.3 Å². The number of aromatic nitrogens is 2. The average Bonchev–Trinajstić information content (AvgIpc) is 2.53. The summed E-state index contributed by atoms with van der Waals surface area (Å²) in [6.45, 7) is 2.09. The Kier molecular flexibility index (Phi) is 5.28. The summed E-state index contributed by atoms with van der Waals surface area (Å²) in [6.07, 6.45) is 3.47. The van der Waals surface area contributed by atoms with Crippen LogP contribution in [0.1, 0.15) is 12.1 Å². The third kappa shape index (κ3) is 3.93. The van der Waals surface area contributed by atoms with Gasteiger partial charge in [-0.15, -0.1) is 0 Å². The number of hydrogen-bond acceptors (Lipinski definition) is 3. The van der Waals surface area contributed by atoms with E-state index in [9.17, 15) is 0 Å². The third-order valence-corrected chi connectivity index (χ3v) is 2.89. The Morgan fingerprint density at radius 1 is 1.53 bits per heavy atom. The van der Waals surface area contributed by atoms with Crippen LogP contribution < -0.4 is 0 Å². The molecule has 0 aliphatic heterocycles. The summed E-state index contributed by atoms with van der Waals surface area (Å²) in [5.41, 5.74) is 1.17. The van der Waals surface area contributed by atoms with Crippen molar-refractivity contribution in [2.24, 2.45) is 0 Å². The first-order chi connectivity index (χ1) is 7.15. The molecule has 1 rings (SSSR count). The Morgan fingerprint density at radius 2 is 2.27 bits per heavy atom. The van der Waals surface area contributed by atoms with E-state index in [-0.39, 0.29) is 6.61 Å². The van der Waals surface area contributed by atoms with Crippen molar-refractivity contribution in [3.05, 3.63) is 16.4 Å². The number of hydrogen-bond donors (Lipinski definition) is 1. The van der Waals surface area contributed by atoms with Gasteiger partial charge in [0.15, 0.2) is 0 Å².